The third-order valence-corrected chi connectivity index (χ3v) is 5.22. The average molecular weight is 347 g/mol. The number of ketones is 1. The van der Waals surface area contributed by atoms with E-state index < -0.39 is 0 Å². The summed E-state index contributed by atoms with van der Waals surface area (Å²) < 4.78 is 11.6. The molecule has 5 rings (SSSR count). The molecule has 0 atom stereocenters. The van der Waals surface area contributed by atoms with E-state index in [2.05, 4.69) is 15.1 Å². The van der Waals surface area contributed by atoms with Gasteiger partial charge in [-0.15, -0.1) is 0 Å². The van der Waals surface area contributed by atoms with Crippen molar-refractivity contribution in [3.8, 4) is 28.6 Å². The molecule has 0 N–H and O–H groups in total. The van der Waals surface area contributed by atoms with E-state index in [1.54, 1.807) is 18.5 Å². The number of hydrogen-bond acceptors (Lipinski definition) is 6. The van der Waals surface area contributed by atoms with Crippen LogP contribution in [0.2, 0.25) is 0 Å². The smallest absolute Gasteiger partial charge is 0.258 e. The molecule has 0 saturated heterocycles. The lowest BCUT2D eigenvalue weighted by atomic mass is 9.88. The Morgan fingerprint density at radius 1 is 1.00 bits per heavy atom. The van der Waals surface area contributed by atoms with Crippen LogP contribution in [0.1, 0.15) is 42.5 Å². The number of Topliss-reactive ketones (excluding diaryl/α,β-unsaturated/α-hetero) is 1. The van der Waals surface area contributed by atoms with Gasteiger partial charge in [-0.2, -0.15) is 4.98 Å². The molecule has 2 aromatic heterocycles. The van der Waals surface area contributed by atoms with Crippen molar-refractivity contribution in [3.05, 3.63) is 48.3 Å². The molecule has 3 heterocycles. The van der Waals surface area contributed by atoms with Crippen LogP contribution in [0.25, 0.3) is 22.8 Å². The van der Waals surface area contributed by atoms with Crippen molar-refractivity contribution in [2.45, 2.75) is 37.7 Å². The van der Waals surface area contributed by atoms with Gasteiger partial charge in [0.2, 0.25) is 5.82 Å². The van der Waals surface area contributed by atoms with Crippen LogP contribution in [-0.4, -0.2) is 26.5 Å². The Balaban J connectivity index is 1.48. The number of pyridine rings is 1. The van der Waals surface area contributed by atoms with Gasteiger partial charge in [-0.3, -0.25) is 9.78 Å². The van der Waals surface area contributed by atoms with Crippen molar-refractivity contribution in [1.29, 1.82) is 0 Å². The summed E-state index contributed by atoms with van der Waals surface area (Å²) in [5.41, 5.74) is 1.86. The molecule has 3 aromatic rings. The lowest BCUT2D eigenvalue weighted by Gasteiger charge is -2.34. The van der Waals surface area contributed by atoms with Gasteiger partial charge in [-0.25, -0.2) is 0 Å². The summed E-state index contributed by atoms with van der Waals surface area (Å²) in [7, 11) is 0. The molecule has 1 aromatic carbocycles. The van der Waals surface area contributed by atoms with Crippen LogP contribution in [0.4, 0.5) is 0 Å². The second-order valence-corrected chi connectivity index (χ2v) is 6.96. The highest BCUT2D eigenvalue weighted by atomic mass is 16.5. The normalized spacial score (nSPS) is 17.9. The molecule has 1 fully saturated rings. The number of benzene rings is 1. The van der Waals surface area contributed by atoms with E-state index in [1.807, 2.05) is 24.3 Å². The number of nitrogens with zero attached hydrogens (tertiary/aromatic N) is 3. The number of ether oxygens (including phenoxy) is 1. The Kier molecular flexibility index (Phi) is 3.38. The minimum Gasteiger partial charge on any atom is -0.486 e. The molecule has 26 heavy (non-hydrogen) atoms. The molecule has 2 aliphatic rings. The fourth-order valence-corrected chi connectivity index (χ4v) is 3.88. The highest BCUT2D eigenvalue weighted by molar-refractivity contribution is 6.01. The van der Waals surface area contributed by atoms with Crippen LogP contribution in [0, 0.1) is 0 Å². The van der Waals surface area contributed by atoms with Crippen LogP contribution >= 0.6 is 0 Å². The van der Waals surface area contributed by atoms with Crippen molar-refractivity contribution >= 4 is 5.78 Å². The van der Waals surface area contributed by atoms with E-state index in [1.165, 1.54) is 0 Å². The van der Waals surface area contributed by atoms with Gasteiger partial charge in [0.15, 0.2) is 5.78 Å². The molecular formula is C20H17N3O3. The van der Waals surface area contributed by atoms with Gasteiger partial charge in [0.25, 0.3) is 5.89 Å². The first-order valence-corrected chi connectivity index (χ1v) is 8.83. The molecule has 1 saturated carbocycles. The topological polar surface area (TPSA) is 78.1 Å². The van der Waals surface area contributed by atoms with E-state index in [0.29, 0.717) is 29.4 Å². The average Bonchev–Trinajstić information content (AvgIpc) is 3.32. The van der Waals surface area contributed by atoms with E-state index >= 15 is 0 Å². The summed E-state index contributed by atoms with van der Waals surface area (Å²) >= 11 is 0. The van der Waals surface area contributed by atoms with Crippen LogP contribution in [-0.2, 0) is 0 Å². The molecule has 130 valence electrons. The predicted molar refractivity (Wildman–Crippen MR) is 93.7 cm³/mol. The first kappa shape index (κ1) is 15.3. The third-order valence-electron chi connectivity index (χ3n) is 5.22. The van der Waals surface area contributed by atoms with Gasteiger partial charge in [0.1, 0.15) is 11.4 Å². The Morgan fingerprint density at radius 2 is 1.81 bits per heavy atom. The van der Waals surface area contributed by atoms with Crippen LogP contribution < -0.4 is 4.74 Å². The largest absolute Gasteiger partial charge is 0.486 e. The molecule has 1 aliphatic heterocycles. The highest BCUT2D eigenvalue weighted by Crippen LogP contribution is 2.43. The molecular weight excluding hydrogens is 330 g/mol. The Morgan fingerprint density at radius 3 is 2.62 bits per heavy atom. The van der Waals surface area contributed by atoms with Gasteiger partial charge < -0.3 is 9.26 Å². The first-order valence-electron chi connectivity index (χ1n) is 8.83. The lowest BCUT2D eigenvalue weighted by molar-refractivity contribution is 0.0451. The quantitative estimate of drug-likeness (QED) is 0.695. The number of fused-ring (bicyclic) bond motifs is 1. The van der Waals surface area contributed by atoms with Crippen molar-refractivity contribution in [1.82, 2.24) is 15.1 Å². The molecule has 0 amide bonds. The Labute approximate surface area is 150 Å². The first-order chi connectivity index (χ1) is 12.7. The fourth-order valence-electron chi connectivity index (χ4n) is 3.88. The van der Waals surface area contributed by atoms with Gasteiger partial charge in [0, 0.05) is 23.5 Å². The second-order valence-electron chi connectivity index (χ2n) is 6.96. The zero-order valence-corrected chi connectivity index (χ0v) is 14.1. The number of carbonyl (C=O) groups is 1. The number of aromatic nitrogens is 3. The summed E-state index contributed by atoms with van der Waals surface area (Å²) in [4.78, 5) is 21.1. The van der Waals surface area contributed by atoms with Gasteiger partial charge in [-0.05, 0) is 56.0 Å². The summed E-state index contributed by atoms with van der Waals surface area (Å²) in [6.45, 7) is 0. The zero-order valence-electron chi connectivity index (χ0n) is 14.1. The summed E-state index contributed by atoms with van der Waals surface area (Å²) in [5, 5.41) is 4.02. The molecule has 6 heteroatoms. The minimum atomic E-state index is -0.287. The SMILES string of the molecule is O=C1CC2(CCCC2)Oc2ccc(-c3nc(-c4ccncc4)no3)cc21. The maximum Gasteiger partial charge on any atom is 0.258 e. The van der Waals surface area contributed by atoms with Crippen LogP contribution in [0.15, 0.2) is 47.2 Å². The molecule has 0 bridgehead atoms. The van der Waals surface area contributed by atoms with Crippen LogP contribution in [0.3, 0.4) is 0 Å². The number of rotatable bonds is 2. The molecule has 1 aliphatic carbocycles. The van der Waals surface area contributed by atoms with E-state index in [-0.39, 0.29) is 11.4 Å². The lowest BCUT2D eigenvalue weighted by Crippen LogP contribution is -2.39. The molecule has 0 unspecified atom stereocenters. The van der Waals surface area contributed by atoms with Crippen molar-refractivity contribution in [3.63, 3.8) is 0 Å². The number of carbonyl (C=O) groups excluding carboxylic acids is 1. The number of hydrogen-bond donors (Lipinski definition) is 0. The molecule has 6 nitrogen and oxygen atoms in total. The Hall–Kier alpha value is -3.02. The van der Waals surface area contributed by atoms with E-state index in [9.17, 15) is 4.79 Å². The van der Waals surface area contributed by atoms with Crippen LogP contribution in [0.5, 0.6) is 5.75 Å². The highest BCUT2D eigenvalue weighted by Gasteiger charge is 2.42. The summed E-state index contributed by atoms with van der Waals surface area (Å²) in [6, 6.07) is 9.14. The standard InChI is InChI=1S/C20H17N3O3/c24-16-12-20(7-1-2-8-20)25-17-4-3-14(11-15(16)17)19-22-18(23-26-19)13-5-9-21-10-6-13/h3-6,9-11H,1-2,7-8,12H2. The second kappa shape index (κ2) is 5.76. The predicted octanol–water partition coefficient (Wildman–Crippen LogP) is 4.08. The Bertz CT molecular complexity index is 975. The van der Waals surface area contributed by atoms with Gasteiger partial charge >= 0.3 is 0 Å². The summed E-state index contributed by atoms with van der Waals surface area (Å²) in [6.07, 6.45) is 7.98. The maximum atomic E-state index is 12.7. The fraction of sp³-hybridized carbons (Fsp3) is 0.300. The molecule has 0 radical (unpaired) electrons. The van der Waals surface area contributed by atoms with Crippen molar-refractivity contribution < 1.29 is 14.1 Å². The molecule has 1 spiro atoms. The van der Waals surface area contributed by atoms with E-state index in [4.69, 9.17) is 9.26 Å². The van der Waals surface area contributed by atoms with Crippen molar-refractivity contribution in [2.24, 2.45) is 0 Å². The minimum absolute atomic E-state index is 0.129. The monoisotopic (exact) mass is 347 g/mol. The van der Waals surface area contributed by atoms with Gasteiger partial charge in [0.05, 0.1) is 12.0 Å². The maximum absolute atomic E-state index is 12.7. The zero-order chi connectivity index (χ0) is 17.6. The van der Waals surface area contributed by atoms with Gasteiger partial charge in [-0.1, -0.05) is 5.16 Å². The summed E-state index contributed by atoms with van der Waals surface area (Å²) in [5.74, 6) is 1.67. The third kappa shape index (κ3) is 2.49. The van der Waals surface area contributed by atoms with Crippen molar-refractivity contribution in [2.75, 3.05) is 0 Å². The van der Waals surface area contributed by atoms with E-state index in [0.717, 1.165) is 36.8 Å².